The van der Waals surface area contributed by atoms with Crippen molar-refractivity contribution in [1.82, 2.24) is 10.2 Å². The lowest BCUT2D eigenvalue weighted by atomic mass is 10.0. The highest BCUT2D eigenvalue weighted by atomic mass is 19.1. The number of nitrogens with one attached hydrogen (secondary N) is 1. The first kappa shape index (κ1) is 17.1. The lowest BCUT2D eigenvalue weighted by Crippen LogP contribution is -2.42. The fraction of sp³-hybridized carbons (Fsp3) is 0.647. The summed E-state index contributed by atoms with van der Waals surface area (Å²) in [6.07, 6.45) is 2.30. The smallest absolute Gasteiger partial charge is 0.127 e. The second kappa shape index (κ2) is 8.38. The van der Waals surface area contributed by atoms with Gasteiger partial charge in [-0.15, -0.1) is 0 Å². The van der Waals surface area contributed by atoms with E-state index in [2.05, 4.69) is 45.0 Å². The molecule has 0 aliphatic heterocycles. The molecule has 0 heterocycles. The van der Waals surface area contributed by atoms with Crippen LogP contribution in [0.15, 0.2) is 24.3 Å². The summed E-state index contributed by atoms with van der Waals surface area (Å²) in [7, 11) is 2.07. The van der Waals surface area contributed by atoms with Crippen molar-refractivity contribution in [3.05, 3.63) is 35.6 Å². The normalized spacial score (nSPS) is 14.8. The second-order valence-corrected chi connectivity index (χ2v) is 5.63. The molecule has 0 aliphatic rings. The zero-order valence-electron chi connectivity index (χ0n) is 13.5. The minimum absolute atomic E-state index is 0.0784. The molecule has 0 spiro atoms. The van der Waals surface area contributed by atoms with Gasteiger partial charge in [0.25, 0.3) is 0 Å². The Morgan fingerprint density at radius 2 is 1.75 bits per heavy atom. The van der Waals surface area contributed by atoms with Gasteiger partial charge in [0, 0.05) is 30.2 Å². The van der Waals surface area contributed by atoms with Gasteiger partial charge in [0.1, 0.15) is 5.82 Å². The average molecular weight is 280 g/mol. The summed E-state index contributed by atoms with van der Waals surface area (Å²) in [6.45, 7) is 9.59. The Hall–Kier alpha value is -0.930. The summed E-state index contributed by atoms with van der Waals surface area (Å²) in [5.74, 6) is -0.119. The van der Waals surface area contributed by atoms with Crippen LogP contribution in [-0.2, 0) is 0 Å². The minimum Gasteiger partial charge on any atom is -0.312 e. The molecule has 1 aromatic carbocycles. The molecule has 0 saturated heterocycles. The maximum Gasteiger partial charge on any atom is 0.127 e. The molecule has 2 nitrogen and oxygen atoms in total. The summed E-state index contributed by atoms with van der Waals surface area (Å²) in [5, 5.41) is 3.59. The SMILES string of the molecule is CCC(CC)NCC(C)N(C)C(C)c1ccccc1F. The van der Waals surface area contributed by atoms with E-state index in [1.54, 1.807) is 6.07 Å². The molecule has 1 rings (SSSR count). The molecule has 1 aromatic rings. The molecule has 1 N–H and O–H groups in total. The molecule has 0 amide bonds. The highest BCUT2D eigenvalue weighted by Gasteiger charge is 2.20. The number of benzene rings is 1. The number of hydrogen-bond acceptors (Lipinski definition) is 2. The molecule has 20 heavy (non-hydrogen) atoms. The van der Waals surface area contributed by atoms with Gasteiger partial charge < -0.3 is 5.32 Å². The van der Waals surface area contributed by atoms with Gasteiger partial charge in [-0.1, -0.05) is 32.0 Å². The van der Waals surface area contributed by atoms with Gasteiger partial charge in [-0.3, -0.25) is 4.90 Å². The largest absolute Gasteiger partial charge is 0.312 e. The number of halogens is 1. The fourth-order valence-electron chi connectivity index (χ4n) is 2.47. The Morgan fingerprint density at radius 1 is 1.15 bits per heavy atom. The summed E-state index contributed by atoms with van der Waals surface area (Å²) in [6, 6.07) is 8.07. The molecule has 0 bridgehead atoms. The lowest BCUT2D eigenvalue weighted by Gasteiger charge is -2.32. The summed E-state index contributed by atoms with van der Waals surface area (Å²) in [5.41, 5.74) is 0.768. The van der Waals surface area contributed by atoms with Gasteiger partial charge in [0.2, 0.25) is 0 Å². The predicted octanol–water partition coefficient (Wildman–Crippen LogP) is 3.99. The Kier molecular flexibility index (Phi) is 7.17. The zero-order valence-corrected chi connectivity index (χ0v) is 13.5. The third kappa shape index (κ3) is 4.57. The molecule has 0 fully saturated rings. The van der Waals surface area contributed by atoms with E-state index in [1.165, 1.54) is 6.07 Å². The van der Waals surface area contributed by atoms with Crippen LogP contribution in [0.2, 0.25) is 0 Å². The zero-order chi connectivity index (χ0) is 15.1. The van der Waals surface area contributed by atoms with E-state index >= 15 is 0 Å². The van der Waals surface area contributed by atoms with E-state index in [0.717, 1.165) is 24.9 Å². The molecule has 3 heteroatoms. The van der Waals surface area contributed by atoms with Crippen LogP contribution in [0, 0.1) is 5.82 Å². The van der Waals surface area contributed by atoms with Crippen molar-refractivity contribution in [3.8, 4) is 0 Å². The number of hydrogen-bond donors (Lipinski definition) is 1. The topological polar surface area (TPSA) is 15.3 Å². The quantitative estimate of drug-likeness (QED) is 0.774. The van der Waals surface area contributed by atoms with Crippen LogP contribution in [-0.4, -0.2) is 30.6 Å². The first-order valence-electron chi connectivity index (χ1n) is 7.70. The van der Waals surface area contributed by atoms with Crippen molar-refractivity contribution in [2.24, 2.45) is 0 Å². The van der Waals surface area contributed by atoms with E-state index in [0.29, 0.717) is 12.1 Å². The summed E-state index contributed by atoms with van der Waals surface area (Å²) >= 11 is 0. The van der Waals surface area contributed by atoms with Crippen LogP contribution in [0.5, 0.6) is 0 Å². The summed E-state index contributed by atoms with van der Waals surface area (Å²) in [4.78, 5) is 2.23. The lowest BCUT2D eigenvalue weighted by molar-refractivity contribution is 0.185. The van der Waals surface area contributed by atoms with Crippen LogP contribution in [0.3, 0.4) is 0 Å². The Labute approximate surface area is 123 Å². The third-order valence-corrected chi connectivity index (χ3v) is 4.35. The first-order valence-corrected chi connectivity index (χ1v) is 7.70. The van der Waals surface area contributed by atoms with Crippen molar-refractivity contribution in [3.63, 3.8) is 0 Å². The van der Waals surface area contributed by atoms with Crippen molar-refractivity contribution >= 4 is 0 Å². The van der Waals surface area contributed by atoms with Crippen LogP contribution in [0.25, 0.3) is 0 Å². The van der Waals surface area contributed by atoms with Gasteiger partial charge in [-0.25, -0.2) is 4.39 Å². The second-order valence-electron chi connectivity index (χ2n) is 5.63. The van der Waals surface area contributed by atoms with Crippen LogP contribution in [0.1, 0.15) is 52.1 Å². The van der Waals surface area contributed by atoms with E-state index in [1.807, 2.05) is 12.1 Å². The van der Waals surface area contributed by atoms with Gasteiger partial charge in [-0.2, -0.15) is 0 Å². The van der Waals surface area contributed by atoms with E-state index in [-0.39, 0.29) is 11.9 Å². The van der Waals surface area contributed by atoms with Crippen molar-refractivity contribution in [2.45, 2.75) is 58.7 Å². The van der Waals surface area contributed by atoms with Crippen LogP contribution in [0.4, 0.5) is 4.39 Å². The standard InChI is InChI=1S/C17H29FN2/c1-6-15(7-2)19-12-13(3)20(5)14(4)16-10-8-9-11-17(16)18/h8-11,13-15,19H,6-7,12H2,1-5H3. The Morgan fingerprint density at radius 3 is 2.30 bits per heavy atom. The van der Waals surface area contributed by atoms with E-state index < -0.39 is 0 Å². The minimum atomic E-state index is -0.119. The monoisotopic (exact) mass is 280 g/mol. The highest BCUT2D eigenvalue weighted by molar-refractivity contribution is 5.20. The molecule has 2 unspecified atom stereocenters. The van der Waals surface area contributed by atoms with Crippen LogP contribution >= 0.6 is 0 Å². The molecule has 0 aliphatic carbocycles. The molecular weight excluding hydrogens is 251 g/mol. The molecule has 0 radical (unpaired) electrons. The fourth-order valence-corrected chi connectivity index (χ4v) is 2.47. The van der Waals surface area contributed by atoms with Gasteiger partial charge >= 0.3 is 0 Å². The van der Waals surface area contributed by atoms with Gasteiger partial charge in [-0.05, 0) is 39.8 Å². The number of nitrogens with zero attached hydrogens (tertiary/aromatic N) is 1. The summed E-state index contributed by atoms with van der Waals surface area (Å²) < 4.78 is 13.8. The average Bonchev–Trinajstić information content (AvgIpc) is 2.47. The van der Waals surface area contributed by atoms with Gasteiger partial charge in [0.05, 0.1) is 0 Å². The van der Waals surface area contributed by atoms with E-state index in [9.17, 15) is 4.39 Å². The van der Waals surface area contributed by atoms with Crippen molar-refractivity contribution < 1.29 is 4.39 Å². The number of rotatable bonds is 8. The molecule has 0 saturated carbocycles. The van der Waals surface area contributed by atoms with Crippen LogP contribution < -0.4 is 5.32 Å². The van der Waals surface area contributed by atoms with E-state index in [4.69, 9.17) is 0 Å². The maximum absolute atomic E-state index is 13.8. The molecule has 114 valence electrons. The molecule has 0 aromatic heterocycles. The van der Waals surface area contributed by atoms with Crippen molar-refractivity contribution in [2.75, 3.05) is 13.6 Å². The molecular formula is C17H29FN2. The Balaban J connectivity index is 2.60. The maximum atomic E-state index is 13.8. The molecule has 2 atom stereocenters. The first-order chi connectivity index (χ1) is 9.51. The third-order valence-electron chi connectivity index (χ3n) is 4.35. The Bertz CT molecular complexity index is 390. The van der Waals surface area contributed by atoms with Gasteiger partial charge in [0.15, 0.2) is 0 Å². The highest BCUT2D eigenvalue weighted by Crippen LogP contribution is 2.23. The number of likely N-dealkylation sites (N-methyl/N-ethyl adjacent to an activating group) is 1. The van der Waals surface area contributed by atoms with Crippen molar-refractivity contribution in [1.29, 1.82) is 0 Å². The predicted molar refractivity (Wildman–Crippen MR) is 84.4 cm³/mol.